The Labute approximate surface area is 179 Å². The maximum atomic E-state index is 12.6. The average Bonchev–Trinajstić information content (AvgIpc) is 3.08. The van der Waals surface area contributed by atoms with Gasteiger partial charge in [0.05, 0.1) is 6.54 Å². The quantitative estimate of drug-likeness (QED) is 0.227. The number of halogens is 4. The van der Waals surface area contributed by atoms with Gasteiger partial charge in [-0.15, -0.1) is 34.7 Å². The van der Waals surface area contributed by atoms with Gasteiger partial charge in [-0.2, -0.15) is 13.2 Å². The van der Waals surface area contributed by atoms with Crippen molar-refractivity contribution in [3.8, 4) is 0 Å². The van der Waals surface area contributed by atoms with Gasteiger partial charge in [-0.3, -0.25) is 14.4 Å². The molecule has 1 aromatic rings. The number of alkyl halides is 4. The zero-order chi connectivity index (χ0) is 22.3. The van der Waals surface area contributed by atoms with Crippen LogP contribution in [0.2, 0.25) is 0 Å². The number of thiazole rings is 1. The highest BCUT2D eigenvalue weighted by atomic mass is 35.5. The third-order valence-electron chi connectivity index (χ3n) is 4.08. The lowest BCUT2D eigenvalue weighted by molar-refractivity contribution is -0.174. The van der Waals surface area contributed by atoms with Crippen molar-refractivity contribution in [3.05, 3.63) is 11.1 Å². The number of nitrogens with two attached hydrogens (primary N) is 1. The lowest BCUT2D eigenvalue weighted by Crippen LogP contribution is -2.74. The molecule has 2 saturated heterocycles. The molecule has 164 valence electrons. The number of nitrogen functional groups attached to an aromatic ring is 1. The van der Waals surface area contributed by atoms with Crippen molar-refractivity contribution in [2.45, 2.75) is 22.5 Å². The molecule has 3 atom stereocenters. The zero-order valence-electron chi connectivity index (χ0n) is 14.7. The summed E-state index contributed by atoms with van der Waals surface area (Å²) >= 11 is 7.99. The molecular weight excluding hydrogens is 475 g/mol. The van der Waals surface area contributed by atoms with E-state index in [1.807, 2.05) is 0 Å². The number of β-lactam (4-membered cyclic amide) rings is 1. The Hall–Kier alpha value is -2.26. The van der Waals surface area contributed by atoms with Crippen LogP contribution in [-0.4, -0.2) is 79.9 Å². The maximum absolute atomic E-state index is 12.6. The first kappa shape index (κ1) is 22.4. The van der Waals surface area contributed by atoms with Crippen LogP contribution in [0.25, 0.3) is 0 Å². The van der Waals surface area contributed by atoms with E-state index in [9.17, 15) is 32.7 Å². The van der Waals surface area contributed by atoms with E-state index in [1.54, 1.807) is 0 Å². The minimum absolute atomic E-state index is 0.0109. The molecule has 2 fully saturated rings. The lowest BCUT2D eigenvalue weighted by Gasteiger charge is -2.52. The van der Waals surface area contributed by atoms with Gasteiger partial charge in [0.25, 0.3) is 5.91 Å². The van der Waals surface area contributed by atoms with Crippen molar-refractivity contribution in [2.24, 2.45) is 5.16 Å². The summed E-state index contributed by atoms with van der Waals surface area (Å²) in [5.74, 6) is -2.86. The van der Waals surface area contributed by atoms with Gasteiger partial charge < -0.3 is 25.9 Å². The molecule has 2 unspecified atom stereocenters. The van der Waals surface area contributed by atoms with Gasteiger partial charge in [-0.1, -0.05) is 5.16 Å². The molecule has 0 aromatic carbocycles. The second-order valence-corrected chi connectivity index (χ2v) is 9.01. The van der Waals surface area contributed by atoms with Crippen molar-refractivity contribution in [1.82, 2.24) is 15.2 Å². The van der Waals surface area contributed by atoms with Crippen LogP contribution in [0.15, 0.2) is 10.5 Å². The molecule has 2 aliphatic heterocycles. The molecule has 4 N–H and O–H groups in total. The Balaban J connectivity index is 1.71. The second kappa shape index (κ2) is 8.11. The normalized spacial score (nSPS) is 26.6. The minimum Gasteiger partial charge on any atom is -0.480 e. The van der Waals surface area contributed by atoms with E-state index in [4.69, 9.17) is 17.3 Å². The highest BCUT2D eigenvalue weighted by molar-refractivity contribution is 8.00. The van der Waals surface area contributed by atoms with Gasteiger partial charge >= 0.3 is 12.1 Å². The molecule has 1 aromatic heterocycles. The molecule has 16 heteroatoms. The summed E-state index contributed by atoms with van der Waals surface area (Å²) < 4.78 is 36.9. The number of aliphatic carboxylic acids is 1. The van der Waals surface area contributed by atoms with E-state index in [-0.39, 0.29) is 23.1 Å². The van der Waals surface area contributed by atoms with Crippen LogP contribution in [0.4, 0.5) is 18.3 Å². The van der Waals surface area contributed by atoms with E-state index >= 15 is 0 Å². The number of carbonyl (C=O) groups excluding carboxylic acids is 2. The SMILES string of the molecule is Nc1nc(C(=NOCC(F)(F)F)C(=O)NC2C(=O)N3CC(Cl)(C(=O)O)CS[C@H]23)cs1. The Morgan fingerprint density at radius 3 is 2.80 bits per heavy atom. The predicted octanol–water partition coefficient (Wildman–Crippen LogP) is 0.470. The predicted molar refractivity (Wildman–Crippen MR) is 101 cm³/mol. The van der Waals surface area contributed by atoms with Crippen LogP contribution in [-0.2, 0) is 19.2 Å². The third-order valence-corrected chi connectivity index (χ3v) is 6.85. The zero-order valence-corrected chi connectivity index (χ0v) is 17.1. The number of nitrogens with zero attached hydrogens (tertiary/aromatic N) is 3. The first-order valence-corrected chi connectivity index (χ1v) is 10.4. The summed E-state index contributed by atoms with van der Waals surface area (Å²) in [6.07, 6.45) is -4.67. The second-order valence-electron chi connectivity index (χ2n) is 6.29. The Morgan fingerprint density at radius 1 is 1.53 bits per heavy atom. The molecule has 3 rings (SSSR count). The number of amides is 2. The number of hydrogen-bond acceptors (Lipinski definition) is 9. The van der Waals surface area contributed by atoms with Crippen LogP contribution < -0.4 is 11.1 Å². The summed E-state index contributed by atoms with van der Waals surface area (Å²) in [7, 11) is 0. The van der Waals surface area contributed by atoms with Crippen molar-refractivity contribution in [3.63, 3.8) is 0 Å². The Morgan fingerprint density at radius 2 is 2.23 bits per heavy atom. The van der Waals surface area contributed by atoms with Crippen LogP contribution in [0.3, 0.4) is 0 Å². The number of carboxylic acids is 1. The number of aromatic nitrogens is 1. The highest BCUT2D eigenvalue weighted by Crippen LogP contribution is 2.41. The van der Waals surface area contributed by atoms with Gasteiger partial charge in [0, 0.05) is 11.1 Å². The molecule has 10 nitrogen and oxygen atoms in total. The van der Waals surface area contributed by atoms with Crippen LogP contribution in [0.5, 0.6) is 0 Å². The molecule has 3 heterocycles. The summed E-state index contributed by atoms with van der Waals surface area (Å²) in [6, 6.07) is -1.04. The largest absolute Gasteiger partial charge is 0.480 e. The van der Waals surface area contributed by atoms with E-state index in [2.05, 4.69) is 20.3 Å². The van der Waals surface area contributed by atoms with Crippen molar-refractivity contribution in [1.29, 1.82) is 0 Å². The number of hydrogen-bond donors (Lipinski definition) is 3. The van der Waals surface area contributed by atoms with Gasteiger partial charge in [-0.05, 0) is 0 Å². The number of carbonyl (C=O) groups is 3. The van der Waals surface area contributed by atoms with Gasteiger partial charge in [0.1, 0.15) is 17.1 Å². The first-order valence-electron chi connectivity index (χ1n) is 8.04. The minimum atomic E-state index is -4.67. The number of nitrogens with one attached hydrogen (secondary N) is 1. The standard InChI is InChI=1S/C14H13ClF3N5O5S2/c15-13(11(26)27)2-23-9(25)7(10(23)30-4-13)21-8(24)6(5-1-29-12(19)20-5)22-28-3-14(16,17)18/h1,7,10H,2-4H2,(H2,19,20)(H,21,24)(H,26,27)/t7?,10-,13?/m1/s1. The number of oxime groups is 1. The fourth-order valence-electron chi connectivity index (χ4n) is 2.65. The number of anilines is 1. The van der Waals surface area contributed by atoms with Crippen molar-refractivity contribution in [2.75, 3.05) is 24.6 Å². The molecule has 0 bridgehead atoms. The monoisotopic (exact) mass is 487 g/mol. The number of thioether (sulfide) groups is 1. The van der Waals surface area contributed by atoms with Crippen molar-refractivity contribution < 1.29 is 37.5 Å². The summed E-state index contributed by atoms with van der Waals surface area (Å²) in [5, 5.41) is 15.5. The van der Waals surface area contributed by atoms with Gasteiger partial charge in [-0.25, -0.2) is 4.98 Å². The van der Waals surface area contributed by atoms with Crippen LogP contribution in [0, 0.1) is 0 Å². The van der Waals surface area contributed by atoms with E-state index in [0.717, 1.165) is 23.1 Å². The average molecular weight is 488 g/mol. The highest BCUT2D eigenvalue weighted by Gasteiger charge is 2.57. The molecule has 2 aliphatic rings. The lowest BCUT2D eigenvalue weighted by atomic mass is 10.0. The molecular formula is C14H13ClF3N5O5S2. The van der Waals surface area contributed by atoms with Crippen molar-refractivity contribution >= 4 is 63.3 Å². The number of rotatable bonds is 6. The van der Waals surface area contributed by atoms with Gasteiger partial charge in [0.2, 0.25) is 12.5 Å². The summed E-state index contributed by atoms with van der Waals surface area (Å²) in [5.41, 5.74) is 4.78. The van der Waals surface area contributed by atoms with E-state index < -0.39 is 52.6 Å². The Bertz CT molecular complexity index is 913. The third kappa shape index (κ3) is 4.57. The summed E-state index contributed by atoms with van der Waals surface area (Å²) in [6.45, 7) is -1.98. The van der Waals surface area contributed by atoms with E-state index in [0.29, 0.717) is 0 Å². The molecule has 30 heavy (non-hydrogen) atoms. The van der Waals surface area contributed by atoms with Crippen LogP contribution in [0.1, 0.15) is 5.69 Å². The number of fused-ring (bicyclic) bond motifs is 1. The first-order chi connectivity index (χ1) is 13.9. The van der Waals surface area contributed by atoms with Crippen LogP contribution >= 0.6 is 34.7 Å². The molecule has 2 amide bonds. The molecule has 0 spiro atoms. The number of carboxylic acid groups (broad SMARTS) is 1. The maximum Gasteiger partial charge on any atom is 0.425 e. The summed E-state index contributed by atoms with van der Waals surface area (Å²) in [4.78, 5) is 43.8. The molecule has 0 aliphatic carbocycles. The van der Waals surface area contributed by atoms with E-state index in [1.165, 1.54) is 10.3 Å². The smallest absolute Gasteiger partial charge is 0.425 e. The molecule has 0 saturated carbocycles. The molecule has 0 radical (unpaired) electrons. The Kier molecular flexibility index (Phi) is 6.06. The topological polar surface area (TPSA) is 147 Å². The van der Waals surface area contributed by atoms with Gasteiger partial charge in [0.15, 0.2) is 15.7 Å². The fraction of sp³-hybridized carbons (Fsp3) is 0.500. The fourth-order valence-corrected chi connectivity index (χ4v) is 4.90.